The number of guanidine groups is 1. The van der Waals surface area contributed by atoms with E-state index >= 15 is 0 Å². The molecule has 1 aliphatic heterocycles. The number of hydrogen-bond donors (Lipinski definition) is 1. The molecule has 2 heterocycles. The minimum absolute atomic E-state index is 0. The van der Waals surface area contributed by atoms with E-state index in [-0.39, 0.29) is 30.1 Å². The molecule has 0 atom stereocenters. The zero-order valence-electron chi connectivity index (χ0n) is 15.6. The van der Waals surface area contributed by atoms with Crippen molar-refractivity contribution in [2.75, 3.05) is 46.4 Å². The van der Waals surface area contributed by atoms with Crippen molar-refractivity contribution in [2.24, 2.45) is 4.99 Å². The number of ether oxygens (including phenoxy) is 2. The molecule has 9 heteroatoms. The Kier molecular flexibility index (Phi) is 10.1. The fraction of sp³-hybridized carbons (Fsp3) is 0.588. The molecular formula is C17H28IN5O3. The number of aliphatic imine (C=N–C) groups is 1. The van der Waals surface area contributed by atoms with Crippen molar-refractivity contribution >= 4 is 36.0 Å². The summed E-state index contributed by atoms with van der Waals surface area (Å²) < 4.78 is 10.3. The maximum atomic E-state index is 11.8. The molecule has 0 radical (unpaired) electrons. The van der Waals surface area contributed by atoms with E-state index in [4.69, 9.17) is 14.5 Å². The Morgan fingerprint density at radius 3 is 2.58 bits per heavy atom. The number of pyridine rings is 1. The molecular weight excluding hydrogens is 449 g/mol. The number of carbonyl (C=O) groups is 1. The zero-order chi connectivity index (χ0) is 18.1. The Labute approximate surface area is 172 Å². The summed E-state index contributed by atoms with van der Waals surface area (Å²) in [6.07, 6.45) is 1.45. The summed E-state index contributed by atoms with van der Waals surface area (Å²) in [5.74, 6) is 1.42. The van der Waals surface area contributed by atoms with Crippen LogP contribution < -0.4 is 10.1 Å². The molecule has 2 rings (SSSR count). The highest BCUT2D eigenvalue weighted by Gasteiger charge is 2.23. The molecule has 1 aromatic rings. The molecule has 1 saturated heterocycles. The molecule has 26 heavy (non-hydrogen) atoms. The molecule has 0 saturated carbocycles. The van der Waals surface area contributed by atoms with Crippen LogP contribution in [-0.4, -0.2) is 73.3 Å². The van der Waals surface area contributed by atoms with Crippen LogP contribution in [0.4, 0.5) is 4.79 Å². The lowest BCUT2D eigenvalue weighted by Gasteiger charge is -2.35. The van der Waals surface area contributed by atoms with E-state index in [0.717, 1.165) is 31.2 Å². The van der Waals surface area contributed by atoms with Crippen molar-refractivity contribution < 1.29 is 14.3 Å². The summed E-state index contributed by atoms with van der Waals surface area (Å²) in [7, 11) is 1.61. The van der Waals surface area contributed by atoms with Gasteiger partial charge < -0.3 is 24.6 Å². The molecule has 0 spiro atoms. The van der Waals surface area contributed by atoms with E-state index in [1.165, 1.54) is 0 Å². The van der Waals surface area contributed by atoms with E-state index < -0.39 is 0 Å². The minimum atomic E-state index is -0.246. The minimum Gasteiger partial charge on any atom is -0.481 e. The fourth-order valence-electron chi connectivity index (χ4n) is 2.63. The van der Waals surface area contributed by atoms with Crippen molar-refractivity contribution in [1.29, 1.82) is 0 Å². The Balaban J connectivity index is 0.00000338. The first-order valence-electron chi connectivity index (χ1n) is 8.62. The van der Waals surface area contributed by atoms with E-state index in [0.29, 0.717) is 32.1 Å². The molecule has 0 aliphatic carbocycles. The normalized spacial score (nSPS) is 14.5. The number of piperazine rings is 1. The van der Waals surface area contributed by atoms with Crippen LogP contribution in [-0.2, 0) is 11.3 Å². The van der Waals surface area contributed by atoms with E-state index in [1.807, 2.05) is 26.0 Å². The molecule has 0 unspecified atom stereocenters. The number of carbonyl (C=O) groups excluding carboxylic acids is 1. The average Bonchev–Trinajstić information content (AvgIpc) is 2.65. The van der Waals surface area contributed by atoms with Crippen LogP contribution in [0.25, 0.3) is 0 Å². The van der Waals surface area contributed by atoms with Gasteiger partial charge >= 0.3 is 6.09 Å². The molecule has 1 fully saturated rings. The van der Waals surface area contributed by atoms with Crippen LogP contribution in [0.3, 0.4) is 0 Å². The summed E-state index contributed by atoms with van der Waals surface area (Å²) >= 11 is 0. The fourth-order valence-corrected chi connectivity index (χ4v) is 2.63. The second-order valence-corrected chi connectivity index (χ2v) is 5.51. The van der Waals surface area contributed by atoms with Gasteiger partial charge in [-0.15, -0.1) is 24.0 Å². The Morgan fingerprint density at radius 1 is 1.27 bits per heavy atom. The number of nitrogens with zero attached hydrogens (tertiary/aromatic N) is 4. The highest BCUT2D eigenvalue weighted by Crippen LogP contribution is 2.15. The Hall–Kier alpha value is -1.78. The zero-order valence-corrected chi connectivity index (χ0v) is 17.9. The average molecular weight is 477 g/mol. The van der Waals surface area contributed by atoms with Gasteiger partial charge in [0.15, 0.2) is 5.96 Å². The van der Waals surface area contributed by atoms with Crippen molar-refractivity contribution in [1.82, 2.24) is 20.1 Å². The van der Waals surface area contributed by atoms with E-state index in [2.05, 4.69) is 15.2 Å². The predicted octanol–water partition coefficient (Wildman–Crippen LogP) is 1.95. The number of rotatable bonds is 5. The molecule has 146 valence electrons. The van der Waals surface area contributed by atoms with Gasteiger partial charge in [0.25, 0.3) is 0 Å². The maximum absolute atomic E-state index is 11.8. The second kappa shape index (κ2) is 11.8. The van der Waals surface area contributed by atoms with E-state index in [9.17, 15) is 4.79 Å². The molecule has 1 aromatic heterocycles. The standard InChI is InChI=1S/C17H27N5O3.HI/c1-4-18-16(20-13-14-7-6-8-19-15(14)24-3)21-9-11-22(12-10-21)17(23)25-5-2;/h6-8H,4-5,9-13H2,1-3H3,(H,18,20);1H. The Bertz CT molecular complexity index is 592. The van der Waals surface area contributed by atoms with Gasteiger partial charge in [-0.2, -0.15) is 0 Å². The lowest BCUT2D eigenvalue weighted by molar-refractivity contribution is 0.0914. The highest BCUT2D eigenvalue weighted by molar-refractivity contribution is 14.0. The number of amides is 1. The molecule has 0 aromatic carbocycles. The van der Waals surface area contributed by atoms with Gasteiger partial charge in [-0.1, -0.05) is 6.07 Å². The lowest BCUT2D eigenvalue weighted by Crippen LogP contribution is -2.53. The van der Waals surface area contributed by atoms with Crippen molar-refractivity contribution in [2.45, 2.75) is 20.4 Å². The van der Waals surface area contributed by atoms with Gasteiger partial charge in [-0.3, -0.25) is 0 Å². The van der Waals surface area contributed by atoms with Crippen LogP contribution in [0.5, 0.6) is 5.88 Å². The van der Waals surface area contributed by atoms with Crippen molar-refractivity contribution in [3.8, 4) is 5.88 Å². The summed E-state index contributed by atoms with van der Waals surface area (Å²) in [5, 5.41) is 3.31. The third-order valence-corrected chi connectivity index (χ3v) is 3.88. The second-order valence-electron chi connectivity index (χ2n) is 5.51. The largest absolute Gasteiger partial charge is 0.481 e. The first kappa shape index (κ1) is 22.3. The maximum Gasteiger partial charge on any atom is 0.409 e. The molecule has 8 nitrogen and oxygen atoms in total. The van der Waals surface area contributed by atoms with Gasteiger partial charge in [-0.05, 0) is 19.9 Å². The lowest BCUT2D eigenvalue weighted by atomic mass is 10.3. The van der Waals surface area contributed by atoms with Gasteiger partial charge in [-0.25, -0.2) is 14.8 Å². The monoisotopic (exact) mass is 477 g/mol. The van der Waals surface area contributed by atoms with Crippen LogP contribution in [0.15, 0.2) is 23.3 Å². The molecule has 1 amide bonds. The number of aromatic nitrogens is 1. The topological polar surface area (TPSA) is 79.3 Å². The predicted molar refractivity (Wildman–Crippen MR) is 111 cm³/mol. The third-order valence-electron chi connectivity index (χ3n) is 3.88. The summed E-state index contributed by atoms with van der Waals surface area (Å²) in [6.45, 7) is 8.20. The number of hydrogen-bond acceptors (Lipinski definition) is 5. The van der Waals surface area contributed by atoms with Crippen LogP contribution in [0.1, 0.15) is 19.4 Å². The summed E-state index contributed by atoms with van der Waals surface area (Å²) in [6, 6.07) is 3.83. The van der Waals surface area contributed by atoms with Crippen molar-refractivity contribution in [3.63, 3.8) is 0 Å². The smallest absolute Gasteiger partial charge is 0.409 e. The Morgan fingerprint density at radius 2 is 1.96 bits per heavy atom. The summed E-state index contributed by atoms with van der Waals surface area (Å²) in [4.78, 5) is 24.6. The number of halogens is 1. The van der Waals surface area contributed by atoms with E-state index in [1.54, 1.807) is 18.2 Å². The van der Waals surface area contributed by atoms with Crippen LogP contribution >= 0.6 is 24.0 Å². The number of methoxy groups -OCH3 is 1. The SMILES string of the molecule is CCNC(=NCc1cccnc1OC)N1CCN(C(=O)OCC)CC1.I. The summed E-state index contributed by atoms with van der Waals surface area (Å²) in [5.41, 5.74) is 0.936. The highest BCUT2D eigenvalue weighted by atomic mass is 127. The molecule has 1 aliphatic rings. The first-order chi connectivity index (χ1) is 12.2. The third kappa shape index (κ3) is 6.19. The number of nitrogens with one attached hydrogen (secondary N) is 1. The molecule has 1 N–H and O–H groups in total. The van der Waals surface area contributed by atoms with Gasteiger partial charge in [0.2, 0.25) is 5.88 Å². The quantitative estimate of drug-likeness (QED) is 0.397. The molecule has 0 bridgehead atoms. The van der Waals surface area contributed by atoms with Crippen LogP contribution in [0, 0.1) is 0 Å². The van der Waals surface area contributed by atoms with Gasteiger partial charge in [0.05, 0.1) is 20.3 Å². The van der Waals surface area contributed by atoms with Gasteiger partial charge in [0.1, 0.15) is 0 Å². The first-order valence-corrected chi connectivity index (χ1v) is 8.62. The van der Waals surface area contributed by atoms with Gasteiger partial charge in [0, 0.05) is 44.5 Å². The van der Waals surface area contributed by atoms with Crippen LogP contribution in [0.2, 0.25) is 0 Å². The van der Waals surface area contributed by atoms with Crippen molar-refractivity contribution in [3.05, 3.63) is 23.9 Å².